The van der Waals surface area contributed by atoms with Crippen LogP contribution in [0.25, 0.3) is 0 Å². The molecular weight excluding hydrogens is 488 g/mol. The molecule has 0 aromatic carbocycles. The first-order chi connectivity index (χ1) is 8.45. The van der Waals surface area contributed by atoms with Gasteiger partial charge in [0.05, 0.1) is 0 Å². The van der Waals surface area contributed by atoms with Crippen molar-refractivity contribution in [3.05, 3.63) is 18.2 Å². The molecule has 1 saturated carbocycles. The monoisotopic (exact) mass is 500 g/mol. The third-order valence-corrected chi connectivity index (χ3v) is 2.46. The Bertz CT molecular complexity index is 339. The van der Waals surface area contributed by atoms with Crippen LogP contribution in [0.2, 0.25) is 0 Å². The van der Waals surface area contributed by atoms with Crippen LogP contribution in [0.15, 0.2) is 17.4 Å². The van der Waals surface area contributed by atoms with Crippen molar-refractivity contribution < 1.29 is 11.9 Å². The van der Waals surface area contributed by atoms with Crippen molar-refractivity contribution in [1.82, 2.24) is 9.97 Å². The SMILES string of the molecule is C(=NC1CCCCC1)c1ncc[n-]1.[Cl][W]([Cl])([Cl])[Cl]. The van der Waals surface area contributed by atoms with Crippen molar-refractivity contribution >= 4 is 43.9 Å². The Hall–Kier alpha value is 0.728. The van der Waals surface area contributed by atoms with Gasteiger partial charge in [-0.1, -0.05) is 31.7 Å². The molecule has 0 saturated heterocycles. The summed E-state index contributed by atoms with van der Waals surface area (Å²) in [7, 11) is 20.1. The van der Waals surface area contributed by atoms with Gasteiger partial charge in [-0.25, -0.2) is 0 Å². The van der Waals surface area contributed by atoms with Crippen LogP contribution in [-0.4, -0.2) is 17.2 Å². The topological polar surface area (TPSA) is 39.4 Å². The molecule has 0 radical (unpaired) electrons. The standard InChI is InChI=1S/C10H14N3.4ClH.W/c1-2-4-9(5-3-1)13-8-10-11-6-7-12-10;;;;;/h6-9H,1-5H2;4*1H;/q-1;;;;;+4/p-4. The van der Waals surface area contributed by atoms with E-state index in [1.54, 1.807) is 18.6 Å². The molecule has 0 atom stereocenters. The summed E-state index contributed by atoms with van der Waals surface area (Å²) in [4.78, 5) is 12.6. The number of nitrogens with zero attached hydrogens (tertiary/aromatic N) is 3. The summed E-state index contributed by atoms with van der Waals surface area (Å²) in [5.41, 5.74) is 0. The van der Waals surface area contributed by atoms with Crippen molar-refractivity contribution in [3.8, 4) is 0 Å². The van der Waals surface area contributed by atoms with Gasteiger partial charge in [-0.05, 0) is 18.7 Å². The van der Waals surface area contributed by atoms with Crippen LogP contribution < -0.4 is 4.98 Å². The molecule has 0 N–H and O–H groups in total. The quantitative estimate of drug-likeness (QED) is 0.558. The van der Waals surface area contributed by atoms with Crippen LogP contribution in [-0.2, 0) is 11.9 Å². The van der Waals surface area contributed by atoms with Gasteiger partial charge in [-0.15, -0.1) is 0 Å². The molecule has 3 nitrogen and oxygen atoms in total. The van der Waals surface area contributed by atoms with E-state index in [-0.39, 0.29) is 0 Å². The molecule has 0 unspecified atom stereocenters. The van der Waals surface area contributed by atoms with Crippen molar-refractivity contribution in [2.75, 3.05) is 0 Å². The minimum atomic E-state index is -3.28. The molecule has 18 heavy (non-hydrogen) atoms. The molecule has 0 bridgehead atoms. The van der Waals surface area contributed by atoms with Crippen LogP contribution in [0.4, 0.5) is 0 Å². The zero-order chi connectivity index (χ0) is 13.4. The first kappa shape index (κ1) is 16.8. The van der Waals surface area contributed by atoms with Crippen LogP contribution in [0.5, 0.6) is 0 Å². The van der Waals surface area contributed by atoms with Gasteiger partial charge in [-0.2, -0.15) is 0 Å². The second kappa shape index (κ2) is 8.81. The fraction of sp³-hybridized carbons (Fsp3) is 0.600. The number of hydrogen-bond acceptors (Lipinski definition) is 2. The van der Waals surface area contributed by atoms with E-state index in [1.807, 2.05) is 0 Å². The van der Waals surface area contributed by atoms with Gasteiger partial charge in [0, 0.05) is 12.3 Å². The molecule has 1 aliphatic rings. The number of aliphatic imine (C=N–C) groups is 1. The minimum absolute atomic E-state index is 0.521. The maximum atomic E-state index is 5.03. The average Bonchev–Trinajstić information content (AvgIpc) is 2.78. The number of rotatable bonds is 2. The van der Waals surface area contributed by atoms with E-state index >= 15 is 0 Å². The molecule has 0 aliphatic heterocycles. The Morgan fingerprint density at radius 3 is 2.33 bits per heavy atom. The predicted octanol–water partition coefficient (Wildman–Crippen LogP) is 4.55. The van der Waals surface area contributed by atoms with Gasteiger partial charge in [0.1, 0.15) is 0 Å². The van der Waals surface area contributed by atoms with Gasteiger partial charge in [0.2, 0.25) is 0 Å². The average molecular weight is 502 g/mol. The number of hydrogen-bond donors (Lipinski definition) is 0. The predicted molar refractivity (Wildman–Crippen MR) is 75.4 cm³/mol. The van der Waals surface area contributed by atoms with Crippen molar-refractivity contribution in [1.29, 1.82) is 0 Å². The van der Waals surface area contributed by atoms with Crippen LogP contribution in [0, 0.1) is 0 Å². The Morgan fingerprint density at radius 1 is 1.22 bits per heavy atom. The van der Waals surface area contributed by atoms with Crippen molar-refractivity contribution in [2.24, 2.45) is 4.99 Å². The summed E-state index contributed by atoms with van der Waals surface area (Å²) < 4.78 is 0. The normalized spacial score (nSPS) is 18.4. The van der Waals surface area contributed by atoms with Gasteiger partial charge in [0.15, 0.2) is 0 Å². The molecular formula is C10H14Cl4N3W-. The molecule has 104 valence electrons. The summed E-state index contributed by atoms with van der Waals surface area (Å²) in [6, 6.07) is 0.521. The van der Waals surface area contributed by atoms with Gasteiger partial charge in [0.25, 0.3) is 0 Å². The van der Waals surface area contributed by atoms with Crippen molar-refractivity contribution in [3.63, 3.8) is 0 Å². The van der Waals surface area contributed by atoms with E-state index in [0.717, 1.165) is 5.82 Å². The molecule has 0 spiro atoms. The van der Waals surface area contributed by atoms with Gasteiger partial charge < -0.3 is 9.97 Å². The molecule has 1 heterocycles. The molecule has 0 amide bonds. The molecule has 1 fully saturated rings. The first-order valence-corrected chi connectivity index (χ1v) is 20.1. The summed E-state index contributed by atoms with van der Waals surface area (Å²) >= 11 is -3.28. The molecule has 2 rings (SSSR count). The molecule has 1 aliphatic carbocycles. The summed E-state index contributed by atoms with van der Waals surface area (Å²) in [6.45, 7) is 0. The van der Waals surface area contributed by atoms with E-state index in [4.69, 9.17) is 37.7 Å². The molecule has 1 aromatic heterocycles. The fourth-order valence-electron chi connectivity index (χ4n) is 1.72. The zero-order valence-electron chi connectivity index (χ0n) is 9.61. The maximum absolute atomic E-state index is 5.03. The Morgan fingerprint density at radius 2 is 1.83 bits per heavy atom. The summed E-state index contributed by atoms with van der Waals surface area (Å²) in [5, 5.41) is 0. The van der Waals surface area contributed by atoms with E-state index in [0.29, 0.717) is 6.04 Å². The third kappa shape index (κ3) is 9.63. The number of imidazole rings is 1. The number of halogens is 4. The zero-order valence-corrected chi connectivity index (χ0v) is 15.6. The second-order valence-electron chi connectivity index (χ2n) is 3.83. The Balaban J connectivity index is 0.000000280. The summed E-state index contributed by atoms with van der Waals surface area (Å²) in [5.74, 6) is 0.741. The number of aromatic nitrogens is 2. The van der Waals surface area contributed by atoms with Gasteiger partial charge in [-0.3, -0.25) is 4.99 Å². The van der Waals surface area contributed by atoms with Crippen molar-refractivity contribution in [2.45, 2.75) is 38.1 Å². The van der Waals surface area contributed by atoms with E-state index in [2.05, 4.69) is 15.0 Å². The van der Waals surface area contributed by atoms with E-state index < -0.39 is 11.9 Å². The van der Waals surface area contributed by atoms with Crippen LogP contribution in [0.1, 0.15) is 37.9 Å². The van der Waals surface area contributed by atoms with E-state index in [1.165, 1.54) is 32.1 Å². The van der Waals surface area contributed by atoms with Crippen LogP contribution in [0.3, 0.4) is 0 Å². The first-order valence-electron chi connectivity index (χ1n) is 5.54. The molecule has 8 heteroatoms. The van der Waals surface area contributed by atoms with Crippen LogP contribution >= 0.6 is 37.7 Å². The Labute approximate surface area is 126 Å². The molecule has 1 aromatic rings. The summed E-state index contributed by atoms with van der Waals surface area (Å²) in [6.07, 6.45) is 11.7. The second-order valence-corrected chi connectivity index (χ2v) is 29.3. The van der Waals surface area contributed by atoms with E-state index in [9.17, 15) is 0 Å². The third-order valence-electron chi connectivity index (χ3n) is 2.46. The van der Waals surface area contributed by atoms with Gasteiger partial charge >= 0.3 is 49.6 Å². The fourth-order valence-corrected chi connectivity index (χ4v) is 1.72. The Kier molecular flexibility index (Phi) is 8.21.